The maximum atomic E-state index is 12.6. The second kappa shape index (κ2) is 11.7. The minimum Gasteiger partial charge on any atom is -0.374 e. The lowest BCUT2D eigenvalue weighted by molar-refractivity contribution is -0.126. The molecule has 4 N–H and O–H groups in total. The first-order chi connectivity index (χ1) is 16.5. The van der Waals surface area contributed by atoms with Crippen LogP contribution in [0.3, 0.4) is 0 Å². The molecule has 35 heavy (non-hydrogen) atoms. The van der Waals surface area contributed by atoms with Gasteiger partial charge in [0, 0.05) is 19.0 Å². The molecule has 2 aromatic rings. The van der Waals surface area contributed by atoms with Gasteiger partial charge in [0.05, 0.1) is 30.3 Å². The number of tetrazole rings is 1. The first kappa shape index (κ1) is 26.7. The van der Waals surface area contributed by atoms with Crippen molar-refractivity contribution in [2.75, 3.05) is 18.1 Å². The normalized spacial score (nSPS) is 18.2. The molecule has 13 heteroatoms. The van der Waals surface area contributed by atoms with E-state index in [4.69, 9.17) is 10.5 Å². The van der Waals surface area contributed by atoms with Crippen LogP contribution in [-0.2, 0) is 37.3 Å². The zero-order valence-electron chi connectivity index (χ0n) is 20.0. The van der Waals surface area contributed by atoms with Crippen molar-refractivity contribution in [3.8, 4) is 0 Å². The van der Waals surface area contributed by atoms with Gasteiger partial charge in [-0.2, -0.15) is 0 Å². The third-order valence-electron chi connectivity index (χ3n) is 5.53. The van der Waals surface area contributed by atoms with Crippen molar-refractivity contribution < 1.29 is 22.7 Å². The number of aryl methyl sites for hydroxylation is 1. The number of carbonyl (C=O) groups excluding carboxylic acids is 2. The van der Waals surface area contributed by atoms with Gasteiger partial charge in [-0.1, -0.05) is 30.3 Å². The Morgan fingerprint density at radius 3 is 2.69 bits per heavy atom. The summed E-state index contributed by atoms with van der Waals surface area (Å²) in [6.45, 7) is 3.99. The Bertz CT molecular complexity index is 1100. The summed E-state index contributed by atoms with van der Waals surface area (Å²) in [4.78, 5) is 24.8. The van der Waals surface area contributed by atoms with Crippen LogP contribution >= 0.6 is 0 Å². The van der Waals surface area contributed by atoms with E-state index in [1.807, 2.05) is 30.3 Å². The SMILES string of the molecule is CC(C)(N)C(=O)N[C@H](COCc1ccccc1)c1nnnn1CCCC(=O)NC1CCS(=O)(=O)C1. The van der Waals surface area contributed by atoms with Gasteiger partial charge in [-0.3, -0.25) is 9.59 Å². The summed E-state index contributed by atoms with van der Waals surface area (Å²) < 4.78 is 30.5. The van der Waals surface area contributed by atoms with E-state index in [1.54, 1.807) is 13.8 Å². The maximum absolute atomic E-state index is 12.6. The smallest absolute Gasteiger partial charge is 0.240 e. The molecule has 12 nitrogen and oxygen atoms in total. The topological polar surface area (TPSA) is 171 Å². The number of hydrogen-bond acceptors (Lipinski definition) is 9. The molecule has 1 aliphatic rings. The van der Waals surface area contributed by atoms with Crippen LogP contribution in [0.4, 0.5) is 0 Å². The number of rotatable bonds is 12. The lowest BCUT2D eigenvalue weighted by Crippen LogP contribution is -2.51. The number of amides is 2. The molecule has 192 valence electrons. The van der Waals surface area contributed by atoms with Crippen LogP contribution in [0.25, 0.3) is 0 Å². The van der Waals surface area contributed by atoms with Gasteiger partial charge in [-0.05, 0) is 42.7 Å². The zero-order chi connectivity index (χ0) is 25.5. The van der Waals surface area contributed by atoms with Gasteiger partial charge in [0.25, 0.3) is 0 Å². The second-order valence-electron chi connectivity index (χ2n) is 9.28. The fraction of sp³-hybridized carbons (Fsp3) is 0.591. The van der Waals surface area contributed by atoms with E-state index >= 15 is 0 Å². The molecule has 1 aromatic carbocycles. The van der Waals surface area contributed by atoms with E-state index in [0.717, 1.165) is 5.56 Å². The third-order valence-corrected chi connectivity index (χ3v) is 7.30. The molecule has 2 amide bonds. The lowest BCUT2D eigenvalue weighted by atomic mass is 10.1. The number of benzene rings is 1. The molecule has 1 aliphatic heterocycles. The van der Waals surface area contributed by atoms with Crippen LogP contribution in [0.15, 0.2) is 30.3 Å². The predicted octanol–water partition coefficient (Wildman–Crippen LogP) is -0.132. The molecule has 0 radical (unpaired) electrons. The Balaban J connectivity index is 1.58. The Morgan fingerprint density at radius 1 is 1.29 bits per heavy atom. The van der Waals surface area contributed by atoms with Crippen molar-refractivity contribution in [1.82, 2.24) is 30.8 Å². The van der Waals surface area contributed by atoms with E-state index < -0.39 is 21.4 Å². The molecule has 2 atom stereocenters. The number of nitrogens with one attached hydrogen (secondary N) is 2. The van der Waals surface area contributed by atoms with Crippen molar-refractivity contribution in [1.29, 1.82) is 0 Å². The van der Waals surface area contributed by atoms with Crippen LogP contribution in [0.5, 0.6) is 0 Å². The summed E-state index contributed by atoms with van der Waals surface area (Å²) >= 11 is 0. The number of ether oxygens (including phenoxy) is 1. The van der Waals surface area contributed by atoms with Gasteiger partial charge in [-0.25, -0.2) is 13.1 Å². The predicted molar refractivity (Wildman–Crippen MR) is 128 cm³/mol. The first-order valence-electron chi connectivity index (χ1n) is 11.5. The van der Waals surface area contributed by atoms with E-state index in [0.29, 0.717) is 31.8 Å². The number of aromatic nitrogens is 4. The van der Waals surface area contributed by atoms with Crippen LogP contribution in [0, 0.1) is 0 Å². The van der Waals surface area contributed by atoms with Gasteiger partial charge in [-0.15, -0.1) is 5.10 Å². The Hall–Kier alpha value is -2.90. The number of nitrogens with two attached hydrogens (primary N) is 1. The minimum absolute atomic E-state index is 0.0161. The third kappa shape index (κ3) is 8.37. The second-order valence-corrected chi connectivity index (χ2v) is 11.5. The van der Waals surface area contributed by atoms with E-state index in [-0.39, 0.29) is 42.4 Å². The number of sulfone groups is 1. The van der Waals surface area contributed by atoms with Gasteiger partial charge in [0.1, 0.15) is 6.04 Å². The summed E-state index contributed by atoms with van der Waals surface area (Å²) in [6.07, 6.45) is 1.05. The molecular formula is C22H33N7O5S. The van der Waals surface area contributed by atoms with E-state index in [9.17, 15) is 18.0 Å². The zero-order valence-corrected chi connectivity index (χ0v) is 20.8. The van der Waals surface area contributed by atoms with Crippen LogP contribution in [-0.4, -0.2) is 70.1 Å². The van der Waals surface area contributed by atoms with Gasteiger partial charge < -0.3 is 21.1 Å². The largest absolute Gasteiger partial charge is 0.374 e. The monoisotopic (exact) mass is 507 g/mol. The van der Waals surface area contributed by atoms with Crippen LogP contribution in [0.1, 0.15) is 50.5 Å². The number of nitrogens with zero attached hydrogens (tertiary/aromatic N) is 4. The van der Waals surface area contributed by atoms with Crippen molar-refractivity contribution in [2.24, 2.45) is 5.73 Å². The van der Waals surface area contributed by atoms with E-state index in [1.165, 1.54) is 4.68 Å². The van der Waals surface area contributed by atoms with Crippen LogP contribution < -0.4 is 16.4 Å². The van der Waals surface area contributed by atoms with Crippen molar-refractivity contribution >= 4 is 21.7 Å². The quantitative estimate of drug-likeness (QED) is 0.354. The summed E-state index contributed by atoms with van der Waals surface area (Å²) in [6, 6.07) is 8.63. The molecule has 1 unspecified atom stereocenters. The first-order valence-corrected chi connectivity index (χ1v) is 13.3. The molecule has 3 rings (SSSR count). The number of hydrogen-bond donors (Lipinski definition) is 3. The van der Waals surface area contributed by atoms with Crippen molar-refractivity contribution in [3.63, 3.8) is 0 Å². The van der Waals surface area contributed by atoms with Crippen molar-refractivity contribution in [2.45, 2.75) is 63.9 Å². The summed E-state index contributed by atoms with van der Waals surface area (Å²) in [5.74, 6) is -0.130. The highest BCUT2D eigenvalue weighted by Gasteiger charge is 2.30. The molecule has 1 aromatic heterocycles. The molecule has 0 saturated carbocycles. The molecule has 1 saturated heterocycles. The van der Waals surface area contributed by atoms with Crippen molar-refractivity contribution in [3.05, 3.63) is 41.7 Å². The standard InChI is InChI=1S/C22H33N7O5S/c1-22(2,23)21(31)25-18(14-34-13-16-7-4-3-5-8-16)20-26-27-28-29(20)11-6-9-19(30)24-17-10-12-35(32,33)15-17/h3-5,7-8,17-18H,6,9-15,23H2,1-2H3,(H,24,30)(H,25,31)/t17?,18-/m1/s1. The highest BCUT2D eigenvalue weighted by atomic mass is 32.2. The summed E-state index contributed by atoms with van der Waals surface area (Å²) in [5, 5.41) is 17.4. The van der Waals surface area contributed by atoms with Gasteiger partial charge in [0.2, 0.25) is 11.8 Å². The molecule has 0 bridgehead atoms. The lowest BCUT2D eigenvalue weighted by Gasteiger charge is -2.23. The highest BCUT2D eigenvalue weighted by molar-refractivity contribution is 7.91. The number of carbonyl (C=O) groups is 2. The minimum atomic E-state index is -3.06. The van der Waals surface area contributed by atoms with Gasteiger partial charge >= 0.3 is 0 Å². The van der Waals surface area contributed by atoms with Crippen LogP contribution in [0.2, 0.25) is 0 Å². The fourth-order valence-electron chi connectivity index (χ4n) is 3.61. The maximum Gasteiger partial charge on any atom is 0.240 e. The molecule has 0 spiro atoms. The Labute approximate surface area is 204 Å². The molecular weight excluding hydrogens is 474 g/mol. The Morgan fingerprint density at radius 2 is 2.03 bits per heavy atom. The molecule has 1 fully saturated rings. The summed E-state index contributed by atoms with van der Waals surface area (Å²) in [7, 11) is -3.06. The average Bonchev–Trinajstić information content (AvgIpc) is 3.38. The Kier molecular flexibility index (Phi) is 8.92. The van der Waals surface area contributed by atoms with E-state index in [2.05, 4.69) is 26.2 Å². The fourth-order valence-corrected chi connectivity index (χ4v) is 5.29. The highest BCUT2D eigenvalue weighted by Crippen LogP contribution is 2.15. The van der Waals surface area contributed by atoms with Gasteiger partial charge in [0.15, 0.2) is 15.7 Å². The molecule has 0 aliphatic carbocycles. The summed E-state index contributed by atoms with van der Waals surface area (Å²) in [5.41, 5.74) is 5.82. The molecule has 2 heterocycles. The average molecular weight is 508 g/mol.